The van der Waals surface area contributed by atoms with E-state index in [4.69, 9.17) is 0 Å². The smallest absolute Gasteiger partial charge is 0.335 e. The third-order valence-corrected chi connectivity index (χ3v) is 5.16. The van der Waals surface area contributed by atoms with Crippen molar-refractivity contribution in [2.75, 3.05) is 0 Å². The van der Waals surface area contributed by atoms with Gasteiger partial charge in [0.05, 0.1) is 11.1 Å². The second-order valence-electron chi connectivity index (χ2n) is 7.39. The average Bonchev–Trinajstić information content (AvgIpc) is 2.88. The summed E-state index contributed by atoms with van der Waals surface area (Å²) in [6.07, 6.45) is 0. The lowest BCUT2D eigenvalue weighted by Crippen LogP contribution is -2.07. The Morgan fingerprint density at radius 2 is 0.676 bits per heavy atom. The zero-order chi connectivity index (χ0) is 23.9. The predicted molar refractivity (Wildman–Crippen MR) is 131 cm³/mol. The zero-order valence-electron chi connectivity index (χ0n) is 18.0. The first-order valence-corrected chi connectivity index (χ1v) is 10.5. The summed E-state index contributed by atoms with van der Waals surface area (Å²) in [6, 6.07) is 31.9. The lowest BCUT2D eigenvalue weighted by Gasteiger charge is -2.09. The van der Waals surface area contributed by atoms with E-state index in [9.17, 15) is 19.8 Å². The van der Waals surface area contributed by atoms with Crippen LogP contribution in [0.5, 0.6) is 0 Å². The number of hydrogen-bond donors (Lipinski definition) is 2. The molecule has 0 heterocycles. The Morgan fingerprint density at radius 3 is 0.971 bits per heavy atom. The molecule has 0 aliphatic rings. The maximum absolute atomic E-state index is 11.3. The zero-order valence-corrected chi connectivity index (χ0v) is 18.0. The van der Waals surface area contributed by atoms with Crippen molar-refractivity contribution in [2.24, 2.45) is 10.2 Å². The average molecular weight is 448 g/mol. The molecule has 0 amide bonds. The number of carboxylic acid groups (broad SMARTS) is 2. The van der Waals surface area contributed by atoms with Gasteiger partial charge in [-0.15, -0.1) is 10.2 Å². The second kappa shape index (κ2) is 10.2. The summed E-state index contributed by atoms with van der Waals surface area (Å²) in [5.74, 6) is -2.00. The highest BCUT2D eigenvalue weighted by atomic mass is 16.4. The number of nitrogens with zero attached hydrogens (tertiary/aromatic N) is 2. The predicted octanol–water partition coefficient (Wildman–Crippen LogP) is 5.37. The molecule has 0 bridgehead atoms. The van der Waals surface area contributed by atoms with Crippen LogP contribution in [-0.2, 0) is 0 Å². The molecule has 0 saturated carbocycles. The fourth-order valence-electron chi connectivity index (χ4n) is 3.40. The summed E-state index contributed by atoms with van der Waals surface area (Å²) in [6.45, 7) is 0. The van der Waals surface area contributed by atoms with E-state index in [0.29, 0.717) is 22.6 Å². The van der Waals surface area contributed by atoms with Crippen LogP contribution >= 0.6 is 0 Å². The fraction of sp³-hybridized carbons (Fsp3) is 0. The lowest BCUT2D eigenvalue weighted by molar-refractivity contribution is 0.0686. The molecule has 0 aliphatic carbocycles. The van der Waals surface area contributed by atoms with E-state index in [-0.39, 0.29) is 11.1 Å². The van der Waals surface area contributed by atoms with E-state index in [1.54, 1.807) is 24.3 Å². The van der Waals surface area contributed by atoms with Gasteiger partial charge in [-0.25, -0.2) is 9.59 Å². The normalized spacial score (nSPS) is 11.8. The third-order valence-electron chi connectivity index (χ3n) is 5.16. The van der Waals surface area contributed by atoms with E-state index in [0.717, 1.165) is 11.1 Å². The molecule has 0 radical (unpaired) electrons. The quantitative estimate of drug-likeness (QED) is 0.293. The maximum atomic E-state index is 11.3. The summed E-state index contributed by atoms with van der Waals surface area (Å²) in [5, 5.41) is 27.6. The molecule has 6 heteroatoms. The molecule has 4 aromatic carbocycles. The monoisotopic (exact) mass is 448 g/mol. The summed E-state index contributed by atoms with van der Waals surface area (Å²) in [7, 11) is 0. The Kier molecular flexibility index (Phi) is 6.70. The highest BCUT2D eigenvalue weighted by molar-refractivity contribution is 6.16. The van der Waals surface area contributed by atoms with Crippen molar-refractivity contribution in [3.05, 3.63) is 143 Å². The summed E-state index contributed by atoms with van der Waals surface area (Å²) in [5.41, 5.74) is 4.60. The first-order chi connectivity index (χ1) is 16.5. The minimum atomic E-state index is -1.00. The van der Waals surface area contributed by atoms with Gasteiger partial charge in [0.15, 0.2) is 0 Å². The van der Waals surface area contributed by atoms with E-state index in [1.807, 2.05) is 60.7 Å². The molecule has 0 saturated heterocycles. The highest BCUT2D eigenvalue weighted by Gasteiger charge is 2.12. The Bertz CT molecular complexity index is 1250. The Balaban J connectivity index is 1.85. The maximum Gasteiger partial charge on any atom is 0.335 e. The Labute approximate surface area is 196 Å². The Hall–Kier alpha value is -4.84. The fourth-order valence-corrected chi connectivity index (χ4v) is 3.40. The number of rotatable bonds is 7. The molecule has 0 atom stereocenters. The minimum absolute atomic E-state index is 0.183. The van der Waals surface area contributed by atoms with Crippen molar-refractivity contribution < 1.29 is 19.8 Å². The van der Waals surface area contributed by atoms with Crippen molar-refractivity contribution in [1.29, 1.82) is 0 Å². The SMILES string of the molecule is O=C(O)c1ccc(/C(=N\N=C(/c2ccccc2)c2ccc(C(=O)O)cc2)c2ccccc2)cc1. The molecular formula is C28H20N2O4. The molecule has 4 aromatic rings. The first kappa shape index (κ1) is 22.4. The van der Waals surface area contributed by atoms with Crippen LogP contribution in [0.3, 0.4) is 0 Å². The first-order valence-electron chi connectivity index (χ1n) is 10.5. The van der Waals surface area contributed by atoms with Gasteiger partial charge in [-0.2, -0.15) is 0 Å². The van der Waals surface area contributed by atoms with Gasteiger partial charge in [-0.1, -0.05) is 84.9 Å². The van der Waals surface area contributed by atoms with Gasteiger partial charge < -0.3 is 10.2 Å². The minimum Gasteiger partial charge on any atom is -0.478 e. The van der Waals surface area contributed by atoms with Gasteiger partial charge in [0.25, 0.3) is 0 Å². The standard InChI is InChI=1S/C28H20N2O4/c31-27(32)23-15-11-21(12-16-23)25(19-7-3-1-4-8-19)29-30-26(20-9-5-2-6-10-20)22-13-17-24(18-14-22)28(33)34/h1-18H,(H,31,32)(H,33,34)/b29-25-,30-26+. The van der Waals surface area contributed by atoms with Gasteiger partial charge in [0.2, 0.25) is 0 Å². The molecule has 0 spiro atoms. The van der Waals surface area contributed by atoms with Crippen molar-refractivity contribution in [2.45, 2.75) is 0 Å². The lowest BCUT2D eigenvalue weighted by atomic mass is 10.0. The van der Waals surface area contributed by atoms with E-state index < -0.39 is 11.9 Å². The van der Waals surface area contributed by atoms with Crippen molar-refractivity contribution >= 4 is 23.4 Å². The molecule has 0 aromatic heterocycles. The summed E-state index contributed by atoms with van der Waals surface area (Å²) < 4.78 is 0. The van der Waals surface area contributed by atoms with Crippen LogP contribution in [0.1, 0.15) is 43.0 Å². The topological polar surface area (TPSA) is 99.3 Å². The number of carboxylic acids is 2. The van der Waals surface area contributed by atoms with Gasteiger partial charge >= 0.3 is 11.9 Å². The molecule has 0 unspecified atom stereocenters. The summed E-state index contributed by atoms with van der Waals surface area (Å²) in [4.78, 5) is 22.5. The van der Waals surface area contributed by atoms with E-state index in [1.165, 1.54) is 24.3 Å². The van der Waals surface area contributed by atoms with Gasteiger partial charge in [0.1, 0.15) is 11.4 Å². The second-order valence-corrected chi connectivity index (χ2v) is 7.39. The Morgan fingerprint density at radius 1 is 0.412 bits per heavy atom. The highest BCUT2D eigenvalue weighted by Crippen LogP contribution is 2.16. The number of carbonyl (C=O) groups is 2. The summed E-state index contributed by atoms with van der Waals surface area (Å²) >= 11 is 0. The van der Waals surface area contributed by atoms with Crippen LogP contribution < -0.4 is 0 Å². The molecule has 4 rings (SSSR count). The van der Waals surface area contributed by atoms with Crippen LogP contribution in [0.4, 0.5) is 0 Å². The molecule has 6 nitrogen and oxygen atoms in total. The molecule has 2 N–H and O–H groups in total. The molecule has 166 valence electrons. The number of benzene rings is 4. The van der Waals surface area contributed by atoms with Gasteiger partial charge in [0, 0.05) is 22.3 Å². The number of aromatic carboxylic acids is 2. The van der Waals surface area contributed by atoms with Crippen LogP contribution in [0.2, 0.25) is 0 Å². The molecule has 0 aliphatic heterocycles. The van der Waals surface area contributed by atoms with Crippen LogP contribution in [0.15, 0.2) is 119 Å². The van der Waals surface area contributed by atoms with E-state index in [2.05, 4.69) is 10.2 Å². The van der Waals surface area contributed by atoms with Crippen LogP contribution in [0, 0.1) is 0 Å². The molecule has 34 heavy (non-hydrogen) atoms. The van der Waals surface area contributed by atoms with Gasteiger partial charge in [-0.3, -0.25) is 0 Å². The van der Waals surface area contributed by atoms with Crippen molar-refractivity contribution in [1.82, 2.24) is 0 Å². The van der Waals surface area contributed by atoms with Crippen molar-refractivity contribution in [3.8, 4) is 0 Å². The van der Waals surface area contributed by atoms with E-state index >= 15 is 0 Å². The third kappa shape index (κ3) is 5.14. The van der Waals surface area contributed by atoms with Crippen LogP contribution in [-0.4, -0.2) is 33.6 Å². The van der Waals surface area contributed by atoms with Gasteiger partial charge in [-0.05, 0) is 24.3 Å². The van der Waals surface area contributed by atoms with Crippen molar-refractivity contribution in [3.63, 3.8) is 0 Å². The number of hydrogen-bond acceptors (Lipinski definition) is 4. The molecular weight excluding hydrogens is 428 g/mol. The largest absolute Gasteiger partial charge is 0.478 e. The molecule has 0 fully saturated rings. The van der Waals surface area contributed by atoms with Crippen LogP contribution in [0.25, 0.3) is 0 Å².